The second kappa shape index (κ2) is 6.04. The first-order valence-electron chi connectivity index (χ1n) is 7.26. The molecule has 6 heteroatoms. The lowest BCUT2D eigenvalue weighted by Crippen LogP contribution is -2.20. The molecule has 24 heavy (non-hydrogen) atoms. The fourth-order valence-electron chi connectivity index (χ4n) is 2.57. The minimum Gasteiger partial charge on any atom is -0.294 e. The zero-order chi connectivity index (χ0) is 16.5. The molecule has 116 valence electrons. The average molecular weight is 349 g/mol. The van der Waals surface area contributed by atoms with Crippen LogP contribution in [-0.2, 0) is 6.54 Å². The summed E-state index contributed by atoms with van der Waals surface area (Å²) < 4.78 is 1.62. The molecule has 0 fully saturated rings. The second-order valence-electron chi connectivity index (χ2n) is 5.29. The molecule has 4 rings (SSSR count). The summed E-state index contributed by atoms with van der Waals surface area (Å²) in [7, 11) is 0. The Bertz CT molecular complexity index is 1100. The SMILES string of the molecule is N#Cc1ccc(Cn2cnc3scc(-c4cccs4)c3c2=O)cc1. The van der Waals surface area contributed by atoms with E-state index in [2.05, 4.69) is 11.1 Å². The molecular formula is C18H11N3OS2. The lowest BCUT2D eigenvalue weighted by molar-refractivity contribution is 0.749. The Morgan fingerprint density at radius 3 is 2.71 bits per heavy atom. The number of fused-ring (bicyclic) bond motifs is 1. The Morgan fingerprint density at radius 2 is 2.00 bits per heavy atom. The molecule has 0 aliphatic heterocycles. The highest BCUT2D eigenvalue weighted by Gasteiger charge is 2.14. The van der Waals surface area contributed by atoms with Crippen molar-refractivity contribution in [3.8, 4) is 16.5 Å². The molecule has 1 aromatic carbocycles. The van der Waals surface area contributed by atoms with Gasteiger partial charge < -0.3 is 0 Å². The molecule has 0 unspecified atom stereocenters. The van der Waals surface area contributed by atoms with E-state index in [1.165, 1.54) is 11.3 Å². The fourth-order valence-corrected chi connectivity index (χ4v) is 4.30. The van der Waals surface area contributed by atoms with Gasteiger partial charge in [0.05, 0.1) is 29.9 Å². The molecule has 0 amide bonds. The molecule has 0 N–H and O–H groups in total. The minimum absolute atomic E-state index is 0.0333. The maximum Gasteiger partial charge on any atom is 0.263 e. The van der Waals surface area contributed by atoms with Crippen LogP contribution in [0.2, 0.25) is 0 Å². The highest BCUT2D eigenvalue weighted by atomic mass is 32.1. The van der Waals surface area contributed by atoms with E-state index in [1.807, 2.05) is 35.0 Å². The normalized spacial score (nSPS) is 10.8. The lowest BCUT2D eigenvalue weighted by Gasteiger charge is -2.06. The molecule has 0 atom stereocenters. The van der Waals surface area contributed by atoms with Gasteiger partial charge in [-0.1, -0.05) is 18.2 Å². The number of aromatic nitrogens is 2. The van der Waals surface area contributed by atoms with Crippen LogP contribution in [0.25, 0.3) is 20.7 Å². The molecular weight excluding hydrogens is 338 g/mol. The standard InChI is InChI=1S/C18H11N3OS2/c19-8-12-3-5-13(6-4-12)9-21-11-20-17-16(18(21)22)14(10-24-17)15-2-1-7-23-15/h1-7,10-11H,9H2. The molecule has 0 saturated heterocycles. The third kappa shape index (κ3) is 2.54. The number of nitrogens with zero attached hydrogens (tertiary/aromatic N) is 3. The highest BCUT2D eigenvalue weighted by molar-refractivity contribution is 7.18. The van der Waals surface area contributed by atoms with Crippen LogP contribution in [0.1, 0.15) is 11.1 Å². The van der Waals surface area contributed by atoms with Gasteiger partial charge in [0, 0.05) is 15.8 Å². The number of hydrogen-bond acceptors (Lipinski definition) is 5. The number of thiophene rings is 2. The molecule has 4 nitrogen and oxygen atoms in total. The van der Waals surface area contributed by atoms with E-state index in [0.717, 1.165) is 20.8 Å². The third-order valence-electron chi connectivity index (χ3n) is 3.78. The summed E-state index contributed by atoms with van der Waals surface area (Å²) in [6.45, 7) is 0.438. The van der Waals surface area contributed by atoms with E-state index in [-0.39, 0.29) is 5.56 Å². The highest BCUT2D eigenvalue weighted by Crippen LogP contribution is 2.33. The number of rotatable bonds is 3. The maximum absolute atomic E-state index is 12.9. The first-order chi connectivity index (χ1) is 11.8. The van der Waals surface area contributed by atoms with E-state index in [1.54, 1.807) is 34.4 Å². The lowest BCUT2D eigenvalue weighted by atomic mass is 10.1. The molecule has 4 aromatic rings. The van der Waals surface area contributed by atoms with Crippen molar-refractivity contribution in [1.82, 2.24) is 9.55 Å². The fraction of sp³-hybridized carbons (Fsp3) is 0.0556. The zero-order valence-corrected chi connectivity index (χ0v) is 14.1. The summed E-state index contributed by atoms with van der Waals surface area (Å²) in [5.74, 6) is 0. The number of hydrogen-bond donors (Lipinski definition) is 0. The van der Waals surface area contributed by atoms with Crippen molar-refractivity contribution in [2.24, 2.45) is 0 Å². The van der Waals surface area contributed by atoms with Crippen LogP contribution < -0.4 is 5.56 Å². The van der Waals surface area contributed by atoms with Crippen molar-refractivity contribution in [3.05, 3.63) is 75.0 Å². The van der Waals surface area contributed by atoms with Gasteiger partial charge in [-0.2, -0.15) is 5.26 Å². The van der Waals surface area contributed by atoms with Crippen LogP contribution >= 0.6 is 22.7 Å². The van der Waals surface area contributed by atoms with E-state index >= 15 is 0 Å². The zero-order valence-electron chi connectivity index (χ0n) is 12.5. The Kier molecular flexibility index (Phi) is 3.73. The smallest absolute Gasteiger partial charge is 0.263 e. The largest absolute Gasteiger partial charge is 0.294 e. The summed E-state index contributed by atoms with van der Waals surface area (Å²) in [4.78, 5) is 19.2. The van der Waals surface area contributed by atoms with Gasteiger partial charge in [0.1, 0.15) is 4.83 Å². The average Bonchev–Trinajstić information content (AvgIpc) is 3.27. The third-order valence-corrected chi connectivity index (χ3v) is 5.57. The van der Waals surface area contributed by atoms with Gasteiger partial charge in [-0.25, -0.2) is 4.98 Å². The second-order valence-corrected chi connectivity index (χ2v) is 7.10. The number of nitriles is 1. The van der Waals surface area contributed by atoms with Crippen LogP contribution in [0.15, 0.2) is 58.3 Å². The molecule has 0 saturated carbocycles. The first-order valence-corrected chi connectivity index (χ1v) is 9.02. The molecule has 0 aliphatic carbocycles. The molecule has 3 heterocycles. The van der Waals surface area contributed by atoms with Gasteiger partial charge >= 0.3 is 0 Å². The molecule has 0 bridgehead atoms. The van der Waals surface area contributed by atoms with Crippen molar-refractivity contribution in [1.29, 1.82) is 5.26 Å². The Hall–Kier alpha value is -2.75. The van der Waals surface area contributed by atoms with Gasteiger partial charge in [-0.15, -0.1) is 22.7 Å². The predicted molar refractivity (Wildman–Crippen MR) is 97.5 cm³/mol. The summed E-state index contributed by atoms with van der Waals surface area (Å²) in [5, 5.41) is 13.5. The maximum atomic E-state index is 12.9. The topological polar surface area (TPSA) is 58.7 Å². The van der Waals surface area contributed by atoms with Crippen LogP contribution in [0.3, 0.4) is 0 Å². The summed E-state index contributed by atoms with van der Waals surface area (Å²) >= 11 is 3.11. The Morgan fingerprint density at radius 1 is 1.17 bits per heavy atom. The Balaban J connectivity index is 1.79. The van der Waals surface area contributed by atoms with Crippen LogP contribution in [0.5, 0.6) is 0 Å². The van der Waals surface area contributed by atoms with Crippen LogP contribution in [0.4, 0.5) is 0 Å². The summed E-state index contributed by atoms with van der Waals surface area (Å²) in [6, 6.07) is 13.3. The van der Waals surface area contributed by atoms with Crippen molar-refractivity contribution >= 4 is 32.9 Å². The van der Waals surface area contributed by atoms with Crippen LogP contribution in [-0.4, -0.2) is 9.55 Å². The van der Waals surface area contributed by atoms with Crippen molar-refractivity contribution < 1.29 is 0 Å². The van der Waals surface area contributed by atoms with Gasteiger partial charge in [0.2, 0.25) is 0 Å². The molecule has 0 radical (unpaired) electrons. The van der Waals surface area contributed by atoms with Gasteiger partial charge in [-0.05, 0) is 29.1 Å². The van der Waals surface area contributed by atoms with Gasteiger partial charge in [0.25, 0.3) is 5.56 Å². The minimum atomic E-state index is -0.0333. The first kappa shape index (κ1) is 14.8. The van der Waals surface area contributed by atoms with Crippen molar-refractivity contribution in [3.63, 3.8) is 0 Å². The van der Waals surface area contributed by atoms with Crippen LogP contribution in [0, 0.1) is 11.3 Å². The molecule has 0 spiro atoms. The molecule has 3 aromatic heterocycles. The van der Waals surface area contributed by atoms with Gasteiger partial charge in [-0.3, -0.25) is 9.36 Å². The summed E-state index contributed by atoms with van der Waals surface area (Å²) in [6.07, 6.45) is 1.59. The quantitative estimate of drug-likeness (QED) is 0.559. The number of benzene rings is 1. The predicted octanol–water partition coefficient (Wildman–Crippen LogP) is 4.11. The van der Waals surface area contributed by atoms with E-state index in [9.17, 15) is 4.79 Å². The monoisotopic (exact) mass is 349 g/mol. The van der Waals surface area contributed by atoms with E-state index in [0.29, 0.717) is 17.5 Å². The van der Waals surface area contributed by atoms with E-state index < -0.39 is 0 Å². The Labute approximate surface area is 145 Å². The van der Waals surface area contributed by atoms with E-state index in [4.69, 9.17) is 5.26 Å². The van der Waals surface area contributed by atoms with Crippen molar-refractivity contribution in [2.45, 2.75) is 6.54 Å². The molecule has 0 aliphatic rings. The van der Waals surface area contributed by atoms with Crippen molar-refractivity contribution in [2.75, 3.05) is 0 Å². The summed E-state index contributed by atoms with van der Waals surface area (Å²) in [5.41, 5.74) is 2.49. The van der Waals surface area contributed by atoms with Gasteiger partial charge in [0.15, 0.2) is 0 Å².